The van der Waals surface area contributed by atoms with E-state index < -0.39 is 18.0 Å². The number of nitrogens with zero attached hydrogens (tertiary/aromatic N) is 4. The Morgan fingerprint density at radius 3 is 2.16 bits per heavy atom. The van der Waals surface area contributed by atoms with Crippen molar-refractivity contribution < 1.29 is 34.1 Å². The molecule has 0 spiro atoms. The largest absolute Gasteiger partial charge is 0.480 e. The summed E-state index contributed by atoms with van der Waals surface area (Å²) in [6, 6.07) is 10.7. The minimum atomic E-state index is -0.921. The van der Waals surface area contributed by atoms with Gasteiger partial charge in [0.2, 0.25) is 0 Å². The first-order valence-corrected chi connectivity index (χ1v) is 14.5. The molecule has 1 heterocycles. The highest BCUT2D eigenvalue weighted by molar-refractivity contribution is 5.85. The fourth-order valence-electron chi connectivity index (χ4n) is 4.39. The quantitative estimate of drug-likeness (QED) is 0.166. The van der Waals surface area contributed by atoms with Crippen LogP contribution in [0.4, 0.5) is 0 Å². The Kier molecular flexibility index (Phi) is 16.2. The van der Waals surface area contributed by atoms with Crippen LogP contribution in [-0.4, -0.2) is 125 Å². The van der Waals surface area contributed by atoms with Crippen molar-refractivity contribution in [1.82, 2.24) is 19.7 Å². The first-order valence-electron chi connectivity index (χ1n) is 14.5. The van der Waals surface area contributed by atoms with E-state index in [0.717, 1.165) is 16.7 Å². The highest BCUT2D eigenvalue weighted by Crippen LogP contribution is 2.10. The molecule has 0 saturated heterocycles. The summed E-state index contributed by atoms with van der Waals surface area (Å²) in [7, 11) is 1.71. The van der Waals surface area contributed by atoms with Crippen molar-refractivity contribution in [3.8, 4) is 0 Å². The SMILES string of the molecule is CCN(CCN(CCN(C)CC(=O)O)CC(=O)CCc1ccc(COCC(=O)[C@H](N)Cc2cccnc2)cc1)CC(=O)O. The smallest absolute Gasteiger partial charge is 0.317 e. The van der Waals surface area contributed by atoms with Crippen LogP contribution in [0.25, 0.3) is 0 Å². The zero-order valence-corrected chi connectivity index (χ0v) is 25.2. The number of aliphatic carboxylic acids is 2. The number of ketones is 2. The second kappa shape index (κ2) is 19.6. The van der Waals surface area contributed by atoms with E-state index in [-0.39, 0.29) is 44.4 Å². The standard InChI is InChI=1S/C31H45N5O7/c1-3-35(21-31(41)42)15-16-36(14-13-34(2)20-30(39)40)19-27(37)11-10-24-6-8-25(9-7-24)22-43-23-29(38)28(32)17-26-5-4-12-33-18-26/h4-9,12,18,28H,3,10-11,13-17,19-23,32H2,1-2H3,(H,39,40)(H,41,42)/t28-/m1/s1. The number of carboxylic acid groups (broad SMARTS) is 2. The van der Waals surface area contributed by atoms with Gasteiger partial charge in [0.1, 0.15) is 12.4 Å². The zero-order chi connectivity index (χ0) is 31.6. The zero-order valence-electron chi connectivity index (χ0n) is 25.2. The predicted molar refractivity (Wildman–Crippen MR) is 162 cm³/mol. The van der Waals surface area contributed by atoms with Crippen LogP contribution in [0.2, 0.25) is 0 Å². The lowest BCUT2D eigenvalue weighted by molar-refractivity contribution is -0.139. The number of likely N-dealkylation sites (N-methyl/N-ethyl adjacent to an activating group) is 2. The maximum Gasteiger partial charge on any atom is 0.317 e. The van der Waals surface area contributed by atoms with Gasteiger partial charge in [-0.25, -0.2) is 0 Å². The monoisotopic (exact) mass is 599 g/mol. The van der Waals surface area contributed by atoms with Gasteiger partial charge in [-0.2, -0.15) is 0 Å². The highest BCUT2D eigenvalue weighted by Gasteiger charge is 2.16. The van der Waals surface area contributed by atoms with Crippen molar-refractivity contribution in [3.63, 3.8) is 0 Å². The van der Waals surface area contributed by atoms with E-state index in [4.69, 9.17) is 20.7 Å². The predicted octanol–water partition coefficient (Wildman–Crippen LogP) is 0.964. The molecule has 0 bridgehead atoms. The second-order valence-corrected chi connectivity index (χ2v) is 10.7. The van der Waals surface area contributed by atoms with Crippen LogP contribution in [0.15, 0.2) is 48.8 Å². The molecular weight excluding hydrogens is 554 g/mol. The van der Waals surface area contributed by atoms with Gasteiger partial charge >= 0.3 is 11.9 Å². The summed E-state index contributed by atoms with van der Waals surface area (Å²) in [5.74, 6) is -1.95. The van der Waals surface area contributed by atoms with Crippen LogP contribution >= 0.6 is 0 Å². The average Bonchev–Trinajstić information content (AvgIpc) is 2.97. The molecule has 12 heteroatoms. The third-order valence-electron chi connectivity index (χ3n) is 6.96. The second-order valence-electron chi connectivity index (χ2n) is 10.7. The molecule has 0 aliphatic carbocycles. The Morgan fingerprint density at radius 2 is 1.53 bits per heavy atom. The number of nitrogens with two attached hydrogens (primary N) is 1. The van der Waals surface area contributed by atoms with E-state index in [1.165, 1.54) is 0 Å². The van der Waals surface area contributed by atoms with E-state index in [2.05, 4.69) is 4.98 Å². The number of aromatic nitrogens is 1. The van der Waals surface area contributed by atoms with Gasteiger partial charge < -0.3 is 20.7 Å². The fraction of sp³-hybridized carbons (Fsp3) is 0.516. The number of carboxylic acids is 2. The van der Waals surface area contributed by atoms with Gasteiger partial charge in [-0.3, -0.25) is 38.9 Å². The van der Waals surface area contributed by atoms with E-state index >= 15 is 0 Å². The summed E-state index contributed by atoms with van der Waals surface area (Å²) in [6.07, 6.45) is 4.67. The molecule has 0 radical (unpaired) electrons. The van der Waals surface area contributed by atoms with Crippen molar-refractivity contribution >= 4 is 23.5 Å². The minimum absolute atomic E-state index is 0.0516. The minimum Gasteiger partial charge on any atom is -0.480 e. The number of ether oxygens (including phenoxy) is 1. The number of rotatable bonds is 23. The Balaban J connectivity index is 1.79. The van der Waals surface area contributed by atoms with Crippen molar-refractivity contribution in [2.75, 3.05) is 66.0 Å². The first kappa shape index (κ1) is 35.6. The van der Waals surface area contributed by atoms with Crippen LogP contribution in [0.1, 0.15) is 30.0 Å². The van der Waals surface area contributed by atoms with Crippen LogP contribution in [0.5, 0.6) is 0 Å². The summed E-state index contributed by atoms with van der Waals surface area (Å²) >= 11 is 0. The molecule has 2 rings (SSSR count). The molecule has 1 aromatic heterocycles. The number of pyridine rings is 1. The van der Waals surface area contributed by atoms with E-state index in [9.17, 15) is 19.2 Å². The van der Waals surface area contributed by atoms with Gasteiger partial charge in [0.25, 0.3) is 0 Å². The lowest BCUT2D eigenvalue weighted by Gasteiger charge is -2.27. The van der Waals surface area contributed by atoms with Gasteiger partial charge in [-0.05, 0) is 49.2 Å². The van der Waals surface area contributed by atoms with Crippen molar-refractivity contribution in [2.45, 2.75) is 38.8 Å². The van der Waals surface area contributed by atoms with Crippen LogP contribution in [-0.2, 0) is 43.4 Å². The molecule has 0 amide bonds. The number of hydrogen-bond acceptors (Lipinski definition) is 10. The number of hydrogen-bond donors (Lipinski definition) is 3. The Morgan fingerprint density at radius 1 is 0.884 bits per heavy atom. The van der Waals surface area contributed by atoms with Crippen molar-refractivity contribution in [3.05, 3.63) is 65.5 Å². The topological polar surface area (TPSA) is 167 Å². The number of aryl methyl sites for hydroxylation is 1. The molecule has 0 unspecified atom stereocenters. The van der Waals surface area contributed by atoms with Gasteiger partial charge in [-0.15, -0.1) is 0 Å². The average molecular weight is 600 g/mol. The van der Waals surface area contributed by atoms with E-state index in [1.54, 1.807) is 35.3 Å². The molecule has 0 fully saturated rings. The first-order chi connectivity index (χ1) is 20.5. The Hall–Kier alpha value is -3.55. The van der Waals surface area contributed by atoms with Gasteiger partial charge in [-0.1, -0.05) is 37.3 Å². The number of carbonyl (C=O) groups excluding carboxylic acids is 2. The van der Waals surface area contributed by atoms with Crippen LogP contribution in [0.3, 0.4) is 0 Å². The maximum atomic E-state index is 12.9. The lowest BCUT2D eigenvalue weighted by Crippen LogP contribution is -2.43. The summed E-state index contributed by atoms with van der Waals surface area (Å²) < 4.78 is 5.58. The number of benzene rings is 1. The Bertz CT molecular complexity index is 1150. The molecule has 4 N–H and O–H groups in total. The third-order valence-corrected chi connectivity index (χ3v) is 6.96. The van der Waals surface area contributed by atoms with Gasteiger partial charge in [0.15, 0.2) is 5.78 Å². The molecule has 0 saturated carbocycles. The normalized spacial score (nSPS) is 12.1. The Labute approximate surface area is 253 Å². The van der Waals surface area contributed by atoms with Crippen LogP contribution < -0.4 is 5.73 Å². The molecular formula is C31H45N5O7. The van der Waals surface area contributed by atoms with Crippen molar-refractivity contribution in [2.24, 2.45) is 5.73 Å². The van der Waals surface area contributed by atoms with Gasteiger partial charge in [0.05, 0.1) is 32.3 Å². The molecule has 1 atom stereocenters. The number of Topliss-reactive ketones (excluding diaryl/α,β-unsaturated/α-hetero) is 2. The van der Waals surface area contributed by atoms with Crippen LogP contribution in [0, 0.1) is 0 Å². The molecule has 0 aliphatic rings. The van der Waals surface area contributed by atoms with Crippen molar-refractivity contribution in [1.29, 1.82) is 0 Å². The highest BCUT2D eigenvalue weighted by atomic mass is 16.5. The number of carbonyl (C=O) groups is 4. The maximum absolute atomic E-state index is 12.9. The molecule has 12 nitrogen and oxygen atoms in total. The molecule has 43 heavy (non-hydrogen) atoms. The molecule has 2 aromatic rings. The molecule has 0 aliphatic heterocycles. The summed E-state index contributed by atoms with van der Waals surface area (Å²) in [6.45, 7) is 4.63. The lowest BCUT2D eigenvalue weighted by atomic mass is 10.0. The molecule has 1 aromatic carbocycles. The van der Waals surface area contributed by atoms with Gasteiger partial charge in [0, 0.05) is 45.0 Å². The third kappa shape index (κ3) is 15.5. The fourth-order valence-corrected chi connectivity index (χ4v) is 4.39. The molecule has 236 valence electrons. The summed E-state index contributed by atoms with van der Waals surface area (Å²) in [5, 5.41) is 18.1. The van der Waals surface area contributed by atoms with E-state index in [1.807, 2.05) is 42.2 Å². The summed E-state index contributed by atoms with van der Waals surface area (Å²) in [5.41, 5.74) is 8.80. The van der Waals surface area contributed by atoms with E-state index in [0.29, 0.717) is 52.0 Å². The summed E-state index contributed by atoms with van der Waals surface area (Å²) in [4.78, 5) is 56.7.